The minimum absolute atomic E-state index is 0.0322. The summed E-state index contributed by atoms with van der Waals surface area (Å²) in [6.45, 7) is 2.37. The zero-order valence-electron chi connectivity index (χ0n) is 14.4. The van der Waals surface area contributed by atoms with E-state index in [-0.39, 0.29) is 30.8 Å². The van der Waals surface area contributed by atoms with E-state index in [1.807, 2.05) is 25.1 Å². The number of nitriles is 1. The van der Waals surface area contributed by atoms with E-state index in [1.54, 1.807) is 40.1 Å². The number of carbonyl (C=O) groups excluding carboxylic acids is 2. The molecule has 0 radical (unpaired) electrons. The van der Waals surface area contributed by atoms with E-state index in [0.29, 0.717) is 17.1 Å². The monoisotopic (exact) mass is 367 g/mol. The maximum atomic E-state index is 12.7. The van der Waals surface area contributed by atoms with Crippen LogP contribution in [0.2, 0.25) is 5.02 Å². The smallest absolute Gasteiger partial charge is 0.246 e. The lowest BCUT2D eigenvalue weighted by molar-refractivity contribution is -0.138. The van der Waals surface area contributed by atoms with Gasteiger partial charge in [-0.1, -0.05) is 29.8 Å². The largest absolute Gasteiger partial charge is 0.329 e. The molecule has 6 heteroatoms. The van der Waals surface area contributed by atoms with Gasteiger partial charge in [0.05, 0.1) is 18.1 Å². The number of rotatable bonds is 3. The first-order chi connectivity index (χ1) is 12.5. The summed E-state index contributed by atoms with van der Waals surface area (Å²) in [7, 11) is 0. The highest BCUT2D eigenvalue weighted by Crippen LogP contribution is 2.22. The molecule has 0 aliphatic carbocycles. The molecule has 0 saturated carbocycles. The summed E-state index contributed by atoms with van der Waals surface area (Å²) < 4.78 is 0. The van der Waals surface area contributed by atoms with Gasteiger partial charge in [0.1, 0.15) is 6.54 Å². The number of piperazine rings is 1. The highest BCUT2D eigenvalue weighted by atomic mass is 35.5. The van der Waals surface area contributed by atoms with Crippen LogP contribution >= 0.6 is 11.6 Å². The lowest BCUT2D eigenvalue weighted by Gasteiger charge is -2.39. The van der Waals surface area contributed by atoms with E-state index in [2.05, 4.69) is 6.07 Å². The van der Waals surface area contributed by atoms with Crippen molar-refractivity contribution >= 4 is 29.1 Å². The van der Waals surface area contributed by atoms with E-state index in [4.69, 9.17) is 16.9 Å². The SMILES string of the molecule is C[C@@H]1CN(c2ccc(C#N)cc2)C(=O)CN1C(=O)Cc1ccccc1Cl. The van der Waals surface area contributed by atoms with Crippen molar-refractivity contribution < 1.29 is 9.59 Å². The molecule has 2 aromatic carbocycles. The predicted octanol–water partition coefficient (Wildman–Crippen LogP) is 3.02. The molecule has 132 valence electrons. The number of anilines is 1. The Morgan fingerprint density at radius 3 is 2.58 bits per heavy atom. The first kappa shape index (κ1) is 18.0. The van der Waals surface area contributed by atoms with Crippen LogP contribution in [0.15, 0.2) is 48.5 Å². The Labute approximate surface area is 157 Å². The number of halogens is 1. The molecule has 1 aliphatic heterocycles. The van der Waals surface area contributed by atoms with E-state index < -0.39 is 0 Å². The van der Waals surface area contributed by atoms with Crippen LogP contribution in [0.4, 0.5) is 5.69 Å². The first-order valence-electron chi connectivity index (χ1n) is 8.33. The minimum Gasteiger partial charge on any atom is -0.329 e. The fourth-order valence-corrected chi connectivity index (χ4v) is 3.26. The van der Waals surface area contributed by atoms with E-state index in [0.717, 1.165) is 11.3 Å². The molecule has 3 rings (SSSR count). The lowest BCUT2D eigenvalue weighted by Crippen LogP contribution is -2.57. The Balaban J connectivity index is 1.71. The predicted molar refractivity (Wildman–Crippen MR) is 99.8 cm³/mol. The topological polar surface area (TPSA) is 64.4 Å². The van der Waals surface area contributed by atoms with Crippen LogP contribution in [0, 0.1) is 11.3 Å². The van der Waals surface area contributed by atoms with Crippen LogP contribution in [-0.2, 0) is 16.0 Å². The molecule has 0 spiro atoms. The highest BCUT2D eigenvalue weighted by Gasteiger charge is 2.33. The molecule has 1 saturated heterocycles. The lowest BCUT2D eigenvalue weighted by atomic mass is 10.1. The molecule has 5 nitrogen and oxygen atoms in total. The van der Waals surface area contributed by atoms with Gasteiger partial charge in [-0.3, -0.25) is 9.59 Å². The standard InChI is InChI=1S/C20H18ClN3O2/c1-14-12-24(17-8-6-15(11-22)7-9-17)20(26)13-23(14)19(25)10-16-4-2-3-5-18(16)21/h2-9,14H,10,12-13H2,1H3/t14-/m1/s1. The average Bonchev–Trinajstić information content (AvgIpc) is 2.65. The maximum Gasteiger partial charge on any atom is 0.246 e. The van der Waals surface area contributed by atoms with Crippen molar-refractivity contribution in [2.45, 2.75) is 19.4 Å². The van der Waals surface area contributed by atoms with E-state index >= 15 is 0 Å². The van der Waals surface area contributed by atoms with Crippen LogP contribution in [0.5, 0.6) is 0 Å². The third-order valence-corrected chi connectivity index (χ3v) is 4.88. The summed E-state index contributed by atoms with van der Waals surface area (Å²) in [5, 5.41) is 9.44. The highest BCUT2D eigenvalue weighted by molar-refractivity contribution is 6.31. The van der Waals surface area contributed by atoms with Crippen LogP contribution in [-0.4, -0.2) is 35.8 Å². The van der Waals surface area contributed by atoms with Gasteiger partial charge in [0.25, 0.3) is 0 Å². The van der Waals surface area contributed by atoms with E-state index in [9.17, 15) is 9.59 Å². The molecule has 0 aromatic heterocycles. The van der Waals surface area contributed by atoms with Crippen molar-refractivity contribution in [1.82, 2.24) is 4.90 Å². The van der Waals surface area contributed by atoms with Crippen molar-refractivity contribution in [3.63, 3.8) is 0 Å². The number of carbonyl (C=O) groups is 2. The molecule has 1 atom stereocenters. The van der Waals surface area contributed by atoms with E-state index in [1.165, 1.54) is 0 Å². The molecular weight excluding hydrogens is 350 g/mol. The summed E-state index contributed by atoms with van der Waals surface area (Å²) in [6, 6.07) is 16.0. The second kappa shape index (κ2) is 7.59. The molecule has 1 aliphatic rings. The maximum absolute atomic E-state index is 12.7. The van der Waals surface area contributed by atoms with Gasteiger partial charge in [0, 0.05) is 23.3 Å². The van der Waals surface area contributed by atoms with Crippen molar-refractivity contribution in [2.24, 2.45) is 0 Å². The summed E-state index contributed by atoms with van der Waals surface area (Å²) >= 11 is 6.13. The summed E-state index contributed by atoms with van der Waals surface area (Å²) in [5.74, 6) is -0.251. The Hall–Kier alpha value is -2.84. The fraction of sp³-hybridized carbons (Fsp3) is 0.250. The molecule has 0 N–H and O–H groups in total. The second-order valence-electron chi connectivity index (χ2n) is 6.30. The van der Waals surface area contributed by atoms with Gasteiger partial charge in [0.15, 0.2) is 0 Å². The molecule has 0 bridgehead atoms. The number of benzene rings is 2. The van der Waals surface area contributed by atoms with Gasteiger partial charge in [0.2, 0.25) is 11.8 Å². The Kier molecular flexibility index (Phi) is 5.24. The van der Waals surface area contributed by atoms with Crippen molar-refractivity contribution in [2.75, 3.05) is 18.0 Å². The average molecular weight is 368 g/mol. The van der Waals surface area contributed by atoms with Crippen LogP contribution in [0.3, 0.4) is 0 Å². The second-order valence-corrected chi connectivity index (χ2v) is 6.71. The Morgan fingerprint density at radius 2 is 1.92 bits per heavy atom. The minimum atomic E-state index is -0.139. The van der Waals surface area contributed by atoms with Gasteiger partial charge in [-0.2, -0.15) is 5.26 Å². The Morgan fingerprint density at radius 1 is 1.23 bits per heavy atom. The molecule has 1 heterocycles. The number of hydrogen-bond donors (Lipinski definition) is 0. The van der Waals surface area contributed by atoms with Crippen molar-refractivity contribution in [3.05, 3.63) is 64.7 Å². The van der Waals surface area contributed by atoms with Crippen molar-refractivity contribution in [1.29, 1.82) is 5.26 Å². The number of nitrogens with zero attached hydrogens (tertiary/aromatic N) is 3. The van der Waals surface area contributed by atoms with Gasteiger partial charge in [-0.15, -0.1) is 0 Å². The molecule has 2 aromatic rings. The summed E-state index contributed by atoms with van der Waals surface area (Å²) in [6.07, 6.45) is 0.175. The summed E-state index contributed by atoms with van der Waals surface area (Å²) in [5.41, 5.74) is 2.04. The molecule has 2 amide bonds. The quantitative estimate of drug-likeness (QED) is 0.837. The third-order valence-electron chi connectivity index (χ3n) is 4.51. The normalized spacial score (nSPS) is 17.1. The summed E-state index contributed by atoms with van der Waals surface area (Å²) in [4.78, 5) is 28.5. The molecule has 0 unspecified atom stereocenters. The molecular formula is C20H18ClN3O2. The van der Waals surface area contributed by atoms with Crippen LogP contribution in [0.1, 0.15) is 18.1 Å². The molecule has 1 fully saturated rings. The zero-order valence-corrected chi connectivity index (χ0v) is 15.1. The number of hydrogen-bond acceptors (Lipinski definition) is 3. The van der Waals surface area contributed by atoms with Gasteiger partial charge in [-0.05, 0) is 42.8 Å². The van der Waals surface area contributed by atoms with Gasteiger partial charge >= 0.3 is 0 Å². The van der Waals surface area contributed by atoms with Crippen LogP contribution < -0.4 is 4.90 Å². The van der Waals surface area contributed by atoms with Crippen LogP contribution in [0.25, 0.3) is 0 Å². The Bertz CT molecular complexity index is 873. The first-order valence-corrected chi connectivity index (χ1v) is 8.71. The third kappa shape index (κ3) is 3.71. The van der Waals surface area contributed by atoms with Gasteiger partial charge < -0.3 is 9.80 Å². The fourth-order valence-electron chi connectivity index (χ4n) is 3.06. The van der Waals surface area contributed by atoms with Gasteiger partial charge in [-0.25, -0.2) is 0 Å². The zero-order chi connectivity index (χ0) is 18.7. The number of amides is 2. The van der Waals surface area contributed by atoms with Crippen molar-refractivity contribution in [3.8, 4) is 6.07 Å². The molecule has 26 heavy (non-hydrogen) atoms.